The maximum Gasteiger partial charge on any atom is 0.250 e. The van der Waals surface area contributed by atoms with Crippen LogP contribution in [0.4, 0.5) is 0 Å². The third-order valence-electron chi connectivity index (χ3n) is 7.46. The van der Waals surface area contributed by atoms with Crippen molar-refractivity contribution in [2.45, 2.75) is 36.6 Å². The fourth-order valence-corrected chi connectivity index (χ4v) is 8.03. The minimum Gasteiger partial charge on any atom is -0.341 e. The van der Waals surface area contributed by atoms with Gasteiger partial charge in [-0.2, -0.15) is 13.1 Å². The average molecular weight is 500 g/mol. The first-order valence-corrected chi connectivity index (χ1v) is 13.8. The minimum atomic E-state index is -3.70. The molecule has 34 heavy (non-hydrogen) atoms. The van der Waals surface area contributed by atoms with Gasteiger partial charge in [-0.1, -0.05) is 12.1 Å². The summed E-state index contributed by atoms with van der Waals surface area (Å²) in [5.41, 5.74) is 2.04. The lowest BCUT2D eigenvalue weighted by Crippen LogP contribution is -2.52. The Labute approximate surface area is 201 Å². The SMILES string of the molecule is O=C(C1CCN(S(=O)(=O)c2cccc3nsnc23)CC1)N1CC2CC(C1)c1cccc(=O)n1C2. The van der Waals surface area contributed by atoms with Crippen LogP contribution in [0.1, 0.15) is 30.9 Å². The molecular formula is C23H25N5O4S2. The number of carbonyl (C=O) groups excluding carboxylic acids is 1. The Hall–Kier alpha value is -2.63. The van der Waals surface area contributed by atoms with Crippen LogP contribution in [0.5, 0.6) is 0 Å². The highest BCUT2D eigenvalue weighted by molar-refractivity contribution is 7.89. The third kappa shape index (κ3) is 3.57. The van der Waals surface area contributed by atoms with E-state index in [1.54, 1.807) is 30.3 Å². The second-order valence-corrected chi connectivity index (χ2v) is 11.9. The van der Waals surface area contributed by atoms with Crippen LogP contribution in [0.25, 0.3) is 11.0 Å². The Morgan fingerprint density at radius 1 is 1.00 bits per heavy atom. The summed E-state index contributed by atoms with van der Waals surface area (Å²) in [5.74, 6) is 0.394. The van der Waals surface area contributed by atoms with E-state index in [1.165, 1.54) is 4.31 Å². The number of rotatable bonds is 3. The molecule has 1 aromatic carbocycles. The van der Waals surface area contributed by atoms with Crippen LogP contribution in [-0.2, 0) is 21.4 Å². The first-order chi connectivity index (χ1) is 16.4. The molecule has 2 aromatic heterocycles. The maximum absolute atomic E-state index is 13.4. The molecule has 3 aliphatic rings. The van der Waals surface area contributed by atoms with E-state index in [0.717, 1.165) is 23.8 Å². The molecule has 178 valence electrons. The highest BCUT2D eigenvalue weighted by Crippen LogP contribution is 2.36. The summed E-state index contributed by atoms with van der Waals surface area (Å²) < 4.78 is 38.2. The van der Waals surface area contributed by atoms with Crippen molar-refractivity contribution in [1.29, 1.82) is 0 Å². The van der Waals surface area contributed by atoms with Gasteiger partial charge in [-0.15, -0.1) is 0 Å². The van der Waals surface area contributed by atoms with Crippen molar-refractivity contribution < 1.29 is 13.2 Å². The number of hydrogen-bond donors (Lipinski definition) is 0. The second kappa shape index (κ2) is 8.24. The number of amides is 1. The van der Waals surface area contributed by atoms with Crippen molar-refractivity contribution in [1.82, 2.24) is 22.5 Å². The van der Waals surface area contributed by atoms with Gasteiger partial charge in [0.05, 0.1) is 11.7 Å². The van der Waals surface area contributed by atoms with Gasteiger partial charge >= 0.3 is 0 Å². The molecule has 3 aliphatic heterocycles. The summed E-state index contributed by atoms with van der Waals surface area (Å²) in [6, 6.07) is 10.4. The molecule has 9 nitrogen and oxygen atoms in total. The van der Waals surface area contributed by atoms with E-state index in [0.29, 0.717) is 56.6 Å². The van der Waals surface area contributed by atoms with Crippen molar-refractivity contribution in [2.24, 2.45) is 11.8 Å². The molecule has 2 bridgehead atoms. The second-order valence-electron chi connectivity index (χ2n) is 9.51. The van der Waals surface area contributed by atoms with Gasteiger partial charge < -0.3 is 9.47 Å². The number of nitrogens with zero attached hydrogens (tertiary/aromatic N) is 5. The zero-order valence-corrected chi connectivity index (χ0v) is 20.2. The maximum atomic E-state index is 13.4. The number of hydrogen-bond acceptors (Lipinski definition) is 7. The fraction of sp³-hybridized carbons (Fsp3) is 0.478. The van der Waals surface area contributed by atoms with Crippen LogP contribution >= 0.6 is 11.7 Å². The number of fused-ring (bicyclic) bond motifs is 5. The van der Waals surface area contributed by atoms with Crippen molar-refractivity contribution >= 4 is 38.7 Å². The van der Waals surface area contributed by atoms with E-state index >= 15 is 0 Å². The number of aromatic nitrogens is 3. The quantitative estimate of drug-likeness (QED) is 0.545. The summed E-state index contributed by atoms with van der Waals surface area (Å²) in [4.78, 5) is 27.8. The molecule has 0 spiro atoms. The van der Waals surface area contributed by atoms with Gasteiger partial charge in [-0.25, -0.2) is 8.42 Å². The number of carbonyl (C=O) groups is 1. The molecule has 2 unspecified atom stereocenters. The summed E-state index contributed by atoms with van der Waals surface area (Å²) in [6.07, 6.45) is 2.01. The lowest BCUT2D eigenvalue weighted by molar-refractivity contribution is -0.139. The van der Waals surface area contributed by atoms with E-state index < -0.39 is 10.0 Å². The van der Waals surface area contributed by atoms with Gasteiger partial charge in [0, 0.05) is 56.3 Å². The Morgan fingerprint density at radius 3 is 2.62 bits per heavy atom. The fourth-order valence-electron chi connectivity index (χ4n) is 5.81. The largest absolute Gasteiger partial charge is 0.341 e. The summed E-state index contributed by atoms with van der Waals surface area (Å²) >= 11 is 1.00. The van der Waals surface area contributed by atoms with Gasteiger partial charge in [0.15, 0.2) is 0 Å². The van der Waals surface area contributed by atoms with E-state index in [-0.39, 0.29) is 34.1 Å². The third-order valence-corrected chi connectivity index (χ3v) is 9.93. The molecule has 11 heteroatoms. The smallest absolute Gasteiger partial charge is 0.250 e. The van der Waals surface area contributed by atoms with Crippen LogP contribution in [0, 0.1) is 11.8 Å². The van der Waals surface area contributed by atoms with Gasteiger partial charge in [0.25, 0.3) is 5.56 Å². The van der Waals surface area contributed by atoms with E-state index in [1.807, 2.05) is 15.5 Å². The topological polar surface area (TPSA) is 105 Å². The number of sulfonamides is 1. The van der Waals surface area contributed by atoms with E-state index in [4.69, 9.17) is 0 Å². The van der Waals surface area contributed by atoms with Crippen LogP contribution in [0.2, 0.25) is 0 Å². The van der Waals surface area contributed by atoms with Crippen molar-refractivity contribution in [3.63, 3.8) is 0 Å². The van der Waals surface area contributed by atoms with Gasteiger partial charge in [0.1, 0.15) is 15.9 Å². The predicted molar refractivity (Wildman–Crippen MR) is 127 cm³/mol. The predicted octanol–water partition coefficient (Wildman–Crippen LogP) is 1.90. The van der Waals surface area contributed by atoms with Crippen LogP contribution < -0.4 is 5.56 Å². The molecule has 0 N–H and O–H groups in total. The van der Waals surface area contributed by atoms with Crippen molar-refractivity contribution in [3.05, 3.63) is 52.4 Å². The zero-order valence-electron chi connectivity index (χ0n) is 18.5. The Balaban J connectivity index is 1.15. The monoisotopic (exact) mass is 499 g/mol. The number of pyridine rings is 1. The molecule has 0 radical (unpaired) electrons. The summed E-state index contributed by atoms with van der Waals surface area (Å²) in [7, 11) is -3.70. The van der Waals surface area contributed by atoms with Gasteiger partial charge in [-0.3, -0.25) is 9.59 Å². The van der Waals surface area contributed by atoms with E-state index in [2.05, 4.69) is 8.75 Å². The number of benzene rings is 1. The summed E-state index contributed by atoms with van der Waals surface area (Å²) in [5, 5.41) is 0. The van der Waals surface area contributed by atoms with Gasteiger partial charge in [0.2, 0.25) is 15.9 Å². The lowest BCUT2D eigenvalue weighted by atomic mass is 9.82. The molecule has 0 aliphatic carbocycles. The molecule has 3 aromatic rings. The van der Waals surface area contributed by atoms with E-state index in [9.17, 15) is 18.0 Å². The minimum absolute atomic E-state index is 0.0321. The van der Waals surface area contributed by atoms with Crippen LogP contribution in [-0.4, -0.2) is 63.0 Å². The Morgan fingerprint density at radius 2 is 1.79 bits per heavy atom. The van der Waals surface area contributed by atoms with Crippen molar-refractivity contribution in [2.75, 3.05) is 26.2 Å². The molecule has 1 amide bonds. The zero-order chi connectivity index (χ0) is 23.4. The number of likely N-dealkylation sites (tertiary alicyclic amines) is 1. The molecule has 5 heterocycles. The molecular weight excluding hydrogens is 474 g/mol. The lowest BCUT2D eigenvalue weighted by Gasteiger charge is -2.44. The first kappa shape index (κ1) is 21.9. The first-order valence-electron chi connectivity index (χ1n) is 11.6. The molecule has 2 fully saturated rings. The standard InChI is InChI=1S/C23H25N5O4S2/c29-21-6-2-4-19-17-11-15(13-28(19)21)12-26(14-17)23(30)16-7-9-27(10-8-16)34(31,32)20-5-1-3-18-22(20)25-33-24-18/h1-6,15-17H,7-14H2. The highest BCUT2D eigenvalue weighted by atomic mass is 32.2. The van der Waals surface area contributed by atoms with Crippen molar-refractivity contribution in [3.8, 4) is 0 Å². The molecule has 0 saturated carbocycles. The normalized spacial score (nSPS) is 23.7. The molecule has 6 rings (SSSR count). The summed E-state index contributed by atoms with van der Waals surface area (Å²) in [6.45, 7) is 2.56. The number of piperidine rings is 2. The average Bonchev–Trinajstić information content (AvgIpc) is 3.33. The molecule has 2 atom stereocenters. The van der Waals surface area contributed by atoms with Crippen LogP contribution in [0.15, 0.2) is 46.1 Å². The molecule has 2 saturated heterocycles. The Kier molecular flexibility index (Phi) is 5.30. The highest BCUT2D eigenvalue weighted by Gasteiger charge is 2.40. The van der Waals surface area contributed by atoms with Gasteiger partial charge in [-0.05, 0) is 43.4 Å². The Bertz CT molecular complexity index is 1420. The van der Waals surface area contributed by atoms with Crippen LogP contribution in [0.3, 0.4) is 0 Å².